The fourth-order valence-electron chi connectivity index (χ4n) is 3.88. The van der Waals surface area contributed by atoms with E-state index in [0.717, 1.165) is 6.42 Å². The maximum Gasteiger partial charge on any atom is -0.00882 e. The van der Waals surface area contributed by atoms with Crippen LogP contribution in [0.2, 0.25) is 0 Å². The van der Waals surface area contributed by atoms with Gasteiger partial charge in [-0.15, -0.1) is 0 Å². The van der Waals surface area contributed by atoms with Crippen LogP contribution in [0.5, 0.6) is 0 Å². The van der Waals surface area contributed by atoms with E-state index in [1.807, 2.05) is 0 Å². The van der Waals surface area contributed by atoms with Crippen LogP contribution >= 0.6 is 0 Å². The Morgan fingerprint density at radius 1 is 0.778 bits per heavy atom. The van der Waals surface area contributed by atoms with Gasteiger partial charge in [0.15, 0.2) is 0 Å². The zero-order chi connectivity index (χ0) is 12.2. The summed E-state index contributed by atoms with van der Waals surface area (Å²) < 4.78 is 0. The summed E-state index contributed by atoms with van der Waals surface area (Å²) in [7, 11) is 0. The molecule has 3 aliphatic carbocycles. The lowest BCUT2D eigenvalue weighted by Gasteiger charge is -2.24. The van der Waals surface area contributed by atoms with E-state index in [9.17, 15) is 0 Å². The molecule has 0 radical (unpaired) electrons. The second kappa shape index (κ2) is 5.73. The van der Waals surface area contributed by atoms with E-state index in [1.165, 1.54) is 42.2 Å². The van der Waals surface area contributed by atoms with E-state index in [2.05, 4.69) is 36.4 Å². The van der Waals surface area contributed by atoms with Crippen molar-refractivity contribution in [2.45, 2.75) is 51.4 Å². The predicted molar refractivity (Wildman–Crippen MR) is 78.5 cm³/mol. The third-order valence-corrected chi connectivity index (χ3v) is 4.91. The van der Waals surface area contributed by atoms with Crippen molar-refractivity contribution in [1.82, 2.24) is 0 Å². The highest BCUT2D eigenvalue weighted by molar-refractivity contribution is 5.59. The number of hydrogen-bond donors (Lipinski definition) is 0. The van der Waals surface area contributed by atoms with E-state index in [0.29, 0.717) is 0 Å². The van der Waals surface area contributed by atoms with E-state index in [4.69, 9.17) is 0 Å². The summed E-state index contributed by atoms with van der Waals surface area (Å²) in [6.07, 6.45) is 16.3. The second-order valence-corrected chi connectivity index (χ2v) is 6.04. The highest BCUT2D eigenvalue weighted by Gasteiger charge is 2.28. The normalized spacial score (nSPS) is 28.2. The highest BCUT2D eigenvalue weighted by atomic mass is 14.3. The van der Waals surface area contributed by atoms with Crippen molar-refractivity contribution >= 4 is 6.08 Å². The molecular weight excluding hydrogens is 216 g/mol. The minimum absolute atomic E-state index is 1.12. The molecule has 96 valence electrons. The molecule has 0 aromatic heterocycles. The van der Waals surface area contributed by atoms with Gasteiger partial charge in [-0.25, -0.2) is 0 Å². The Morgan fingerprint density at radius 3 is 2.17 bits per heavy atom. The first kappa shape index (κ1) is 12.0. The van der Waals surface area contributed by atoms with Crippen LogP contribution in [0.15, 0.2) is 30.3 Å². The lowest BCUT2D eigenvalue weighted by atomic mass is 9.82. The number of benzene rings is 1. The van der Waals surface area contributed by atoms with E-state index >= 15 is 0 Å². The van der Waals surface area contributed by atoms with Crippen LogP contribution in [0.4, 0.5) is 0 Å². The number of hydrogen-bond acceptors (Lipinski definition) is 0. The van der Waals surface area contributed by atoms with Crippen LogP contribution in [0, 0.1) is 11.8 Å². The summed E-state index contributed by atoms with van der Waals surface area (Å²) in [6, 6.07) is 8.49. The topological polar surface area (TPSA) is 0 Å². The highest BCUT2D eigenvalue weighted by Crippen LogP contribution is 2.41. The minimum Gasteiger partial charge on any atom is -0.0795 e. The van der Waals surface area contributed by atoms with Crippen LogP contribution in [0.25, 0.3) is 6.08 Å². The van der Waals surface area contributed by atoms with Gasteiger partial charge in [-0.05, 0) is 29.4 Å². The number of rotatable bonds is 0. The molecule has 0 bridgehead atoms. The molecule has 3 aliphatic rings. The third-order valence-electron chi connectivity index (χ3n) is 4.91. The molecule has 1 aromatic rings. The first-order valence-corrected chi connectivity index (χ1v) is 7.68. The smallest absolute Gasteiger partial charge is 0.00882 e. The molecular formula is C18H24. The van der Waals surface area contributed by atoms with Crippen molar-refractivity contribution in [1.29, 1.82) is 0 Å². The molecule has 2 atom stereocenters. The summed E-state index contributed by atoms with van der Waals surface area (Å²) >= 11 is 0. The first-order chi connectivity index (χ1) is 8.93. The molecule has 0 heteroatoms. The second-order valence-electron chi connectivity index (χ2n) is 6.04. The van der Waals surface area contributed by atoms with Crippen molar-refractivity contribution in [3.05, 3.63) is 41.5 Å². The van der Waals surface area contributed by atoms with Gasteiger partial charge >= 0.3 is 0 Å². The summed E-state index contributed by atoms with van der Waals surface area (Å²) in [6.45, 7) is 0. The Hall–Kier alpha value is -1.04. The SMILES string of the molecule is C1=Cc2ccccc2C1.C1CCC2CCCC2C1. The van der Waals surface area contributed by atoms with Gasteiger partial charge in [0.05, 0.1) is 0 Å². The zero-order valence-corrected chi connectivity index (χ0v) is 11.3. The summed E-state index contributed by atoms with van der Waals surface area (Å²) in [5.74, 6) is 2.33. The van der Waals surface area contributed by atoms with Crippen LogP contribution in [-0.2, 0) is 6.42 Å². The molecule has 0 saturated heterocycles. The molecule has 2 unspecified atom stereocenters. The first-order valence-electron chi connectivity index (χ1n) is 7.68. The molecule has 0 amide bonds. The van der Waals surface area contributed by atoms with Gasteiger partial charge in [-0.2, -0.15) is 0 Å². The molecule has 0 heterocycles. The van der Waals surface area contributed by atoms with E-state index in [-0.39, 0.29) is 0 Å². The van der Waals surface area contributed by atoms with Crippen LogP contribution < -0.4 is 0 Å². The lowest BCUT2D eigenvalue weighted by Crippen LogP contribution is -2.12. The maximum absolute atomic E-state index is 2.20. The van der Waals surface area contributed by atoms with Crippen molar-refractivity contribution in [2.75, 3.05) is 0 Å². The summed E-state index contributed by atoms with van der Waals surface area (Å²) in [4.78, 5) is 0. The Morgan fingerprint density at radius 2 is 1.44 bits per heavy atom. The van der Waals surface area contributed by atoms with Gasteiger partial charge in [0.25, 0.3) is 0 Å². The summed E-state index contributed by atoms with van der Waals surface area (Å²) in [5, 5.41) is 0. The fraction of sp³-hybridized carbons (Fsp3) is 0.556. The Kier molecular flexibility index (Phi) is 3.83. The van der Waals surface area contributed by atoms with Gasteiger partial charge in [0.1, 0.15) is 0 Å². The molecule has 2 saturated carbocycles. The van der Waals surface area contributed by atoms with Gasteiger partial charge in [-0.3, -0.25) is 0 Å². The minimum atomic E-state index is 1.12. The van der Waals surface area contributed by atoms with Crippen molar-refractivity contribution in [2.24, 2.45) is 11.8 Å². The number of fused-ring (bicyclic) bond motifs is 2. The molecule has 0 spiro atoms. The molecule has 1 aromatic carbocycles. The quantitative estimate of drug-likeness (QED) is 0.582. The molecule has 0 nitrogen and oxygen atoms in total. The Bertz CT molecular complexity index is 404. The maximum atomic E-state index is 2.20. The van der Waals surface area contributed by atoms with Crippen molar-refractivity contribution in [3.63, 3.8) is 0 Å². The predicted octanol–water partition coefficient (Wildman–Crippen LogP) is 5.23. The Labute approximate surface area is 111 Å². The van der Waals surface area contributed by atoms with Crippen LogP contribution in [-0.4, -0.2) is 0 Å². The average molecular weight is 240 g/mol. The largest absolute Gasteiger partial charge is 0.0795 e. The molecule has 2 fully saturated rings. The van der Waals surface area contributed by atoms with Gasteiger partial charge in [0.2, 0.25) is 0 Å². The van der Waals surface area contributed by atoms with Crippen molar-refractivity contribution in [3.8, 4) is 0 Å². The number of allylic oxidation sites excluding steroid dienone is 1. The molecule has 0 aliphatic heterocycles. The molecule has 4 rings (SSSR count). The fourth-order valence-corrected chi connectivity index (χ4v) is 3.88. The van der Waals surface area contributed by atoms with E-state index < -0.39 is 0 Å². The average Bonchev–Trinajstić information content (AvgIpc) is 3.08. The van der Waals surface area contributed by atoms with Crippen molar-refractivity contribution < 1.29 is 0 Å². The van der Waals surface area contributed by atoms with Gasteiger partial charge in [-0.1, -0.05) is 81.4 Å². The summed E-state index contributed by atoms with van der Waals surface area (Å²) in [5.41, 5.74) is 2.84. The molecule has 0 N–H and O–H groups in total. The monoisotopic (exact) mass is 240 g/mol. The third kappa shape index (κ3) is 2.68. The van der Waals surface area contributed by atoms with Crippen LogP contribution in [0.1, 0.15) is 56.1 Å². The lowest BCUT2D eigenvalue weighted by molar-refractivity contribution is 0.277. The van der Waals surface area contributed by atoms with Gasteiger partial charge in [0, 0.05) is 0 Å². The zero-order valence-electron chi connectivity index (χ0n) is 11.3. The Balaban J connectivity index is 0.000000111. The van der Waals surface area contributed by atoms with Gasteiger partial charge < -0.3 is 0 Å². The van der Waals surface area contributed by atoms with E-state index in [1.54, 1.807) is 25.7 Å². The standard InChI is InChI=1S/C9H16.C9H8/c2*1-2-5-9-7-3-6-8(9)4-1/h8-9H,1-7H2;1-6H,7H2. The molecule has 18 heavy (non-hydrogen) atoms. The van der Waals surface area contributed by atoms with Crippen LogP contribution in [0.3, 0.4) is 0 Å².